The lowest BCUT2D eigenvalue weighted by atomic mass is 10.3. The molecule has 3 N–H and O–H groups in total. The van der Waals surface area contributed by atoms with Crippen LogP contribution in [-0.4, -0.2) is 28.0 Å². The Morgan fingerprint density at radius 2 is 2.22 bits per heavy atom. The molecule has 0 saturated heterocycles. The number of hydrogen-bond donors (Lipinski definition) is 3. The molecule has 0 amide bonds. The molecule has 0 aromatic carbocycles. The van der Waals surface area contributed by atoms with E-state index >= 15 is 0 Å². The minimum atomic E-state index is -1.11. The van der Waals surface area contributed by atoms with Gasteiger partial charge < -0.3 is 15.3 Å². The Kier molecular flexibility index (Phi) is 4.09. The second-order valence-corrected chi connectivity index (χ2v) is 1.74. The van der Waals surface area contributed by atoms with Gasteiger partial charge in [-0.1, -0.05) is 6.92 Å². The van der Waals surface area contributed by atoms with E-state index in [1.807, 2.05) is 6.92 Å². The van der Waals surface area contributed by atoms with Crippen molar-refractivity contribution in [2.75, 3.05) is 6.61 Å². The van der Waals surface area contributed by atoms with Crippen molar-refractivity contribution >= 4 is 0 Å². The van der Waals surface area contributed by atoms with Crippen molar-refractivity contribution in [2.45, 2.75) is 19.4 Å². The van der Waals surface area contributed by atoms with Crippen LogP contribution in [0.3, 0.4) is 0 Å². The molecule has 0 aliphatic heterocycles. The average Bonchev–Trinajstić information content (AvgIpc) is 1.87. The zero-order valence-corrected chi connectivity index (χ0v) is 5.41. The highest BCUT2D eigenvalue weighted by Crippen LogP contribution is 1.97. The molecule has 0 radical (unpaired) electrons. The topological polar surface area (TPSA) is 60.7 Å². The molecule has 0 aromatic rings. The molecule has 0 unspecified atom stereocenters. The lowest BCUT2D eigenvalue weighted by Gasteiger charge is -2.03. The first-order valence-electron chi connectivity index (χ1n) is 2.90. The Labute approximate surface area is 54.3 Å². The van der Waals surface area contributed by atoms with E-state index in [1.165, 1.54) is 6.08 Å². The summed E-state index contributed by atoms with van der Waals surface area (Å²) in [4.78, 5) is 0. The Morgan fingerprint density at radius 3 is 2.56 bits per heavy atom. The molecule has 0 aliphatic rings. The lowest BCUT2D eigenvalue weighted by Crippen LogP contribution is -2.14. The first kappa shape index (κ1) is 8.46. The quantitative estimate of drug-likeness (QED) is 0.480. The maximum atomic E-state index is 8.77. The van der Waals surface area contributed by atoms with E-state index in [0.717, 1.165) is 0 Å². The van der Waals surface area contributed by atoms with Crippen LogP contribution in [0.2, 0.25) is 0 Å². The number of aliphatic hydroxyl groups is 3. The molecule has 54 valence electrons. The minimum absolute atomic E-state index is 0.153. The monoisotopic (exact) mass is 132 g/mol. The summed E-state index contributed by atoms with van der Waals surface area (Å²) in [5.74, 6) is -0.153. The Balaban J connectivity index is 3.70. The van der Waals surface area contributed by atoms with Crippen LogP contribution in [0.1, 0.15) is 13.3 Å². The van der Waals surface area contributed by atoms with Gasteiger partial charge >= 0.3 is 0 Å². The van der Waals surface area contributed by atoms with Gasteiger partial charge in [-0.3, -0.25) is 0 Å². The van der Waals surface area contributed by atoms with E-state index in [9.17, 15) is 0 Å². The number of rotatable bonds is 3. The van der Waals surface area contributed by atoms with Gasteiger partial charge in [0.1, 0.15) is 11.9 Å². The summed E-state index contributed by atoms with van der Waals surface area (Å²) in [6, 6.07) is 0. The molecule has 0 spiro atoms. The van der Waals surface area contributed by atoms with Crippen molar-refractivity contribution in [3.63, 3.8) is 0 Å². The fraction of sp³-hybridized carbons (Fsp3) is 0.667. The molecule has 3 heteroatoms. The molecule has 0 aromatic heterocycles. The number of allylic oxidation sites excluding steroid dienone is 1. The van der Waals surface area contributed by atoms with Crippen LogP contribution in [0.25, 0.3) is 0 Å². The van der Waals surface area contributed by atoms with Crippen molar-refractivity contribution in [3.8, 4) is 0 Å². The van der Waals surface area contributed by atoms with E-state index in [4.69, 9.17) is 15.3 Å². The third kappa shape index (κ3) is 3.11. The van der Waals surface area contributed by atoms with E-state index in [-0.39, 0.29) is 5.76 Å². The molecule has 0 fully saturated rings. The SMILES string of the molecule is CCC=C(O)[C@@H](O)CO. The summed E-state index contributed by atoms with van der Waals surface area (Å²) in [5, 5.41) is 25.7. The van der Waals surface area contributed by atoms with Crippen LogP contribution >= 0.6 is 0 Å². The predicted octanol–water partition coefficient (Wildman–Crippen LogP) is 0.192. The number of hydrogen-bond acceptors (Lipinski definition) is 3. The largest absolute Gasteiger partial charge is 0.510 e. The highest BCUT2D eigenvalue weighted by Gasteiger charge is 2.04. The highest BCUT2D eigenvalue weighted by molar-refractivity contribution is 4.96. The Morgan fingerprint density at radius 1 is 1.67 bits per heavy atom. The van der Waals surface area contributed by atoms with Gasteiger partial charge in [-0.25, -0.2) is 0 Å². The normalized spacial score (nSPS) is 15.7. The Bertz CT molecular complexity index is 98.5. The molecule has 1 atom stereocenters. The second kappa shape index (κ2) is 4.35. The van der Waals surface area contributed by atoms with Crippen LogP contribution in [0.4, 0.5) is 0 Å². The number of aliphatic hydroxyl groups excluding tert-OH is 3. The molecule has 0 bridgehead atoms. The smallest absolute Gasteiger partial charge is 0.133 e. The summed E-state index contributed by atoms with van der Waals surface area (Å²) in [7, 11) is 0. The van der Waals surface area contributed by atoms with Gasteiger partial charge in [0.2, 0.25) is 0 Å². The van der Waals surface area contributed by atoms with Crippen LogP contribution in [-0.2, 0) is 0 Å². The maximum absolute atomic E-state index is 8.77. The molecule has 3 nitrogen and oxygen atoms in total. The average molecular weight is 132 g/mol. The predicted molar refractivity (Wildman–Crippen MR) is 34.1 cm³/mol. The van der Waals surface area contributed by atoms with Gasteiger partial charge in [-0.15, -0.1) is 0 Å². The van der Waals surface area contributed by atoms with Gasteiger partial charge in [0.05, 0.1) is 6.61 Å². The van der Waals surface area contributed by atoms with Crippen LogP contribution in [0, 0.1) is 0 Å². The fourth-order valence-corrected chi connectivity index (χ4v) is 0.439. The highest BCUT2D eigenvalue weighted by atomic mass is 16.3. The van der Waals surface area contributed by atoms with Crippen molar-refractivity contribution in [1.82, 2.24) is 0 Å². The van der Waals surface area contributed by atoms with Gasteiger partial charge in [-0.05, 0) is 12.5 Å². The fourth-order valence-electron chi connectivity index (χ4n) is 0.439. The van der Waals surface area contributed by atoms with Crippen molar-refractivity contribution in [1.29, 1.82) is 0 Å². The molecular formula is C6H12O3. The van der Waals surface area contributed by atoms with Gasteiger partial charge in [0, 0.05) is 0 Å². The zero-order chi connectivity index (χ0) is 7.28. The summed E-state index contributed by atoms with van der Waals surface area (Å²) in [6.45, 7) is 1.41. The van der Waals surface area contributed by atoms with Crippen molar-refractivity contribution < 1.29 is 15.3 Å². The van der Waals surface area contributed by atoms with E-state index in [0.29, 0.717) is 6.42 Å². The zero-order valence-electron chi connectivity index (χ0n) is 5.41. The first-order chi connectivity index (χ1) is 4.22. The van der Waals surface area contributed by atoms with Crippen LogP contribution in [0.15, 0.2) is 11.8 Å². The maximum Gasteiger partial charge on any atom is 0.133 e. The third-order valence-electron chi connectivity index (χ3n) is 0.928. The minimum Gasteiger partial charge on any atom is -0.510 e. The van der Waals surface area contributed by atoms with Crippen molar-refractivity contribution in [3.05, 3.63) is 11.8 Å². The third-order valence-corrected chi connectivity index (χ3v) is 0.928. The summed E-state index contributed by atoms with van der Waals surface area (Å²) >= 11 is 0. The summed E-state index contributed by atoms with van der Waals surface area (Å²) < 4.78 is 0. The first-order valence-corrected chi connectivity index (χ1v) is 2.90. The van der Waals surface area contributed by atoms with Gasteiger partial charge in [0.15, 0.2) is 0 Å². The molecule has 9 heavy (non-hydrogen) atoms. The molecule has 0 heterocycles. The standard InChI is InChI=1S/C6H12O3/c1-2-3-5(8)6(9)4-7/h3,6-9H,2,4H2,1H3/t6-/m0/s1. The second-order valence-electron chi connectivity index (χ2n) is 1.74. The van der Waals surface area contributed by atoms with E-state index in [1.54, 1.807) is 0 Å². The van der Waals surface area contributed by atoms with Crippen molar-refractivity contribution in [2.24, 2.45) is 0 Å². The van der Waals surface area contributed by atoms with E-state index in [2.05, 4.69) is 0 Å². The van der Waals surface area contributed by atoms with E-state index < -0.39 is 12.7 Å². The Hall–Kier alpha value is -0.540. The van der Waals surface area contributed by atoms with Gasteiger partial charge in [0.25, 0.3) is 0 Å². The molecule has 0 saturated carbocycles. The van der Waals surface area contributed by atoms with Crippen LogP contribution in [0.5, 0.6) is 0 Å². The molecular weight excluding hydrogens is 120 g/mol. The summed E-state index contributed by atoms with van der Waals surface area (Å²) in [5.41, 5.74) is 0. The van der Waals surface area contributed by atoms with Gasteiger partial charge in [-0.2, -0.15) is 0 Å². The molecule has 0 rings (SSSR count). The van der Waals surface area contributed by atoms with Crippen LogP contribution < -0.4 is 0 Å². The lowest BCUT2D eigenvalue weighted by molar-refractivity contribution is 0.0867. The molecule has 0 aliphatic carbocycles. The summed E-state index contributed by atoms with van der Waals surface area (Å²) in [6.07, 6.45) is 1.01.